The van der Waals surface area contributed by atoms with Crippen molar-refractivity contribution in [2.24, 2.45) is 0 Å². The fourth-order valence-corrected chi connectivity index (χ4v) is 2.72. The summed E-state index contributed by atoms with van der Waals surface area (Å²) in [6.07, 6.45) is 0.216. The number of hydrogen-bond acceptors (Lipinski definition) is 5. The van der Waals surface area contributed by atoms with Crippen molar-refractivity contribution in [2.45, 2.75) is 33.8 Å². The van der Waals surface area contributed by atoms with Gasteiger partial charge in [-0.1, -0.05) is 6.07 Å². The van der Waals surface area contributed by atoms with Gasteiger partial charge in [-0.15, -0.1) is 11.3 Å². The fraction of sp³-hybridized carbons (Fsp3) is 0.375. The van der Waals surface area contributed by atoms with Crippen LogP contribution in [0.15, 0.2) is 23.6 Å². The summed E-state index contributed by atoms with van der Waals surface area (Å²) in [5, 5.41) is 2.73. The largest absolute Gasteiger partial charge is 0.486 e. The third kappa shape index (κ3) is 4.86. The molecule has 4 nitrogen and oxygen atoms in total. The van der Waals surface area contributed by atoms with Gasteiger partial charge in [-0.2, -0.15) is 0 Å². The molecule has 0 spiro atoms. The number of rotatable bonds is 6. The second-order valence-electron chi connectivity index (χ2n) is 4.83. The molecule has 0 unspecified atom stereocenters. The zero-order valence-corrected chi connectivity index (χ0v) is 13.3. The number of thiazole rings is 1. The predicted molar refractivity (Wildman–Crippen MR) is 82.7 cm³/mol. The van der Waals surface area contributed by atoms with Gasteiger partial charge in [-0.25, -0.2) is 4.98 Å². The standard InChI is InChI=1S/C16H19NO3S/c1-4-19-16(18)8-13-10-21-15(17-13)9-20-14-6-11(2)5-12(3)7-14/h5-7,10H,4,8-9H2,1-3H3. The maximum Gasteiger partial charge on any atom is 0.311 e. The maximum absolute atomic E-state index is 11.4. The van der Waals surface area contributed by atoms with Crippen LogP contribution in [0.5, 0.6) is 5.75 Å². The Bertz CT molecular complexity index is 601. The highest BCUT2D eigenvalue weighted by atomic mass is 32.1. The first-order valence-electron chi connectivity index (χ1n) is 6.87. The van der Waals surface area contributed by atoms with Crippen molar-refractivity contribution in [2.75, 3.05) is 6.61 Å². The molecule has 112 valence electrons. The first kappa shape index (κ1) is 15.5. The zero-order valence-electron chi connectivity index (χ0n) is 12.5. The van der Waals surface area contributed by atoms with Crippen molar-refractivity contribution < 1.29 is 14.3 Å². The summed E-state index contributed by atoms with van der Waals surface area (Å²) in [6.45, 7) is 6.69. The summed E-state index contributed by atoms with van der Waals surface area (Å²) in [7, 11) is 0. The summed E-state index contributed by atoms with van der Waals surface area (Å²) in [4.78, 5) is 15.8. The van der Waals surface area contributed by atoms with Gasteiger partial charge in [0.05, 0.1) is 18.7 Å². The van der Waals surface area contributed by atoms with E-state index in [0.29, 0.717) is 13.2 Å². The minimum absolute atomic E-state index is 0.216. The van der Waals surface area contributed by atoms with Crippen LogP contribution in [0.25, 0.3) is 0 Å². The third-order valence-corrected chi connectivity index (χ3v) is 3.66. The van der Waals surface area contributed by atoms with Crippen LogP contribution in [0.1, 0.15) is 28.8 Å². The molecule has 1 heterocycles. The molecule has 0 saturated carbocycles. The van der Waals surface area contributed by atoms with Gasteiger partial charge in [0.25, 0.3) is 0 Å². The fourth-order valence-electron chi connectivity index (χ4n) is 2.02. The van der Waals surface area contributed by atoms with Crippen LogP contribution in [-0.4, -0.2) is 17.6 Å². The van der Waals surface area contributed by atoms with Crippen LogP contribution in [-0.2, 0) is 22.6 Å². The normalized spacial score (nSPS) is 10.4. The van der Waals surface area contributed by atoms with Crippen LogP contribution in [0.3, 0.4) is 0 Å². The Balaban J connectivity index is 1.92. The molecule has 0 amide bonds. The Hall–Kier alpha value is -1.88. The van der Waals surface area contributed by atoms with E-state index in [2.05, 4.69) is 11.1 Å². The van der Waals surface area contributed by atoms with Gasteiger partial charge in [-0.3, -0.25) is 4.79 Å². The van der Waals surface area contributed by atoms with Crippen molar-refractivity contribution in [3.8, 4) is 5.75 Å². The van der Waals surface area contributed by atoms with Crippen LogP contribution in [0, 0.1) is 13.8 Å². The van der Waals surface area contributed by atoms with E-state index in [0.717, 1.165) is 16.5 Å². The van der Waals surface area contributed by atoms with Crippen molar-refractivity contribution in [1.82, 2.24) is 4.98 Å². The van der Waals surface area contributed by atoms with Gasteiger partial charge in [-0.05, 0) is 44.0 Å². The number of carbonyl (C=O) groups is 1. The lowest BCUT2D eigenvalue weighted by atomic mass is 10.1. The number of carbonyl (C=O) groups excluding carboxylic acids is 1. The summed E-state index contributed by atoms with van der Waals surface area (Å²) < 4.78 is 10.7. The molecule has 0 N–H and O–H groups in total. The SMILES string of the molecule is CCOC(=O)Cc1csc(COc2cc(C)cc(C)c2)n1. The van der Waals surface area contributed by atoms with E-state index in [9.17, 15) is 4.79 Å². The lowest BCUT2D eigenvalue weighted by molar-refractivity contribution is -0.142. The number of ether oxygens (including phenoxy) is 2. The van der Waals surface area contributed by atoms with E-state index >= 15 is 0 Å². The molecule has 0 radical (unpaired) electrons. The van der Waals surface area contributed by atoms with Crippen LogP contribution >= 0.6 is 11.3 Å². The number of aromatic nitrogens is 1. The molecule has 0 atom stereocenters. The quantitative estimate of drug-likeness (QED) is 0.767. The van der Waals surface area contributed by atoms with Crippen molar-refractivity contribution >= 4 is 17.3 Å². The van der Waals surface area contributed by atoms with E-state index in [4.69, 9.17) is 9.47 Å². The van der Waals surface area contributed by atoms with Crippen molar-refractivity contribution in [3.63, 3.8) is 0 Å². The molecule has 1 aromatic carbocycles. The van der Waals surface area contributed by atoms with Gasteiger partial charge in [0.15, 0.2) is 0 Å². The highest BCUT2D eigenvalue weighted by molar-refractivity contribution is 7.09. The van der Waals surface area contributed by atoms with Crippen LogP contribution in [0.4, 0.5) is 0 Å². The first-order valence-corrected chi connectivity index (χ1v) is 7.74. The summed E-state index contributed by atoms with van der Waals surface area (Å²) in [6, 6.07) is 6.11. The molecule has 0 bridgehead atoms. The number of aryl methyl sites for hydroxylation is 2. The predicted octanol–water partition coefficient (Wildman–Crippen LogP) is 3.44. The smallest absolute Gasteiger partial charge is 0.311 e. The second-order valence-corrected chi connectivity index (χ2v) is 5.77. The van der Waals surface area contributed by atoms with Gasteiger partial charge < -0.3 is 9.47 Å². The van der Waals surface area contributed by atoms with Gasteiger partial charge in [0.2, 0.25) is 0 Å². The molecule has 0 saturated heterocycles. The van der Waals surface area contributed by atoms with E-state index in [1.54, 1.807) is 6.92 Å². The van der Waals surface area contributed by atoms with Crippen LogP contribution < -0.4 is 4.74 Å². The molecule has 0 aliphatic rings. The van der Waals surface area contributed by atoms with E-state index < -0.39 is 0 Å². The van der Waals surface area contributed by atoms with Crippen molar-refractivity contribution in [3.05, 3.63) is 45.4 Å². The lowest BCUT2D eigenvalue weighted by Gasteiger charge is -2.06. The summed E-state index contributed by atoms with van der Waals surface area (Å²) >= 11 is 1.49. The Morgan fingerprint density at radius 1 is 1.24 bits per heavy atom. The Kier molecular flexibility index (Phi) is 5.33. The molecule has 5 heteroatoms. The number of nitrogens with zero attached hydrogens (tertiary/aromatic N) is 1. The minimum atomic E-state index is -0.246. The topological polar surface area (TPSA) is 48.4 Å². The molecule has 0 fully saturated rings. The van der Waals surface area contributed by atoms with Gasteiger partial charge in [0.1, 0.15) is 17.4 Å². The van der Waals surface area contributed by atoms with Crippen molar-refractivity contribution in [1.29, 1.82) is 0 Å². The van der Waals surface area contributed by atoms with Gasteiger partial charge in [0, 0.05) is 5.38 Å². The molecule has 0 aliphatic heterocycles. The first-order chi connectivity index (χ1) is 10.1. The Morgan fingerprint density at radius 2 is 1.95 bits per heavy atom. The monoisotopic (exact) mass is 305 g/mol. The molecule has 0 aliphatic carbocycles. The van der Waals surface area contributed by atoms with Crippen LogP contribution in [0.2, 0.25) is 0 Å². The summed E-state index contributed by atoms with van der Waals surface area (Å²) in [5.74, 6) is 0.597. The highest BCUT2D eigenvalue weighted by Crippen LogP contribution is 2.19. The maximum atomic E-state index is 11.4. The average Bonchev–Trinajstić information content (AvgIpc) is 2.83. The third-order valence-electron chi connectivity index (χ3n) is 2.79. The number of benzene rings is 1. The second kappa shape index (κ2) is 7.22. The lowest BCUT2D eigenvalue weighted by Crippen LogP contribution is -2.07. The molecule has 1 aromatic heterocycles. The average molecular weight is 305 g/mol. The molecular weight excluding hydrogens is 286 g/mol. The Labute approximate surface area is 128 Å². The van der Waals surface area contributed by atoms with E-state index in [1.807, 2.05) is 31.4 Å². The number of esters is 1. The molecule has 2 aromatic rings. The van der Waals surface area contributed by atoms with Gasteiger partial charge >= 0.3 is 5.97 Å². The molecule has 21 heavy (non-hydrogen) atoms. The molecular formula is C16H19NO3S. The number of hydrogen-bond donors (Lipinski definition) is 0. The van der Waals surface area contributed by atoms with E-state index in [-0.39, 0.29) is 12.4 Å². The molecule has 2 rings (SSSR count). The zero-order chi connectivity index (χ0) is 15.2. The van der Waals surface area contributed by atoms with E-state index in [1.165, 1.54) is 22.5 Å². The highest BCUT2D eigenvalue weighted by Gasteiger charge is 2.09. The minimum Gasteiger partial charge on any atom is -0.486 e. The Morgan fingerprint density at radius 3 is 2.62 bits per heavy atom. The summed E-state index contributed by atoms with van der Waals surface area (Å²) in [5.41, 5.74) is 3.08.